The lowest BCUT2D eigenvalue weighted by atomic mass is 9.95. The lowest BCUT2D eigenvalue weighted by molar-refractivity contribution is 0.0988. The largest absolute Gasteiger partial charge is 0.497 e. The molecule has 0 bridgehead atoms. The molecule has 5 aromatic rings. The minimum atomic E-state index is -0.633. The molecule has 1 aliphatic heterocycles. The molecule has 0 saturated carbocycles. The molecule has 3 N–H and O–H groups in total. The molecule has 2 amide bonds. The van der Waals surface area contributed by atoms with E-state index >= 15 is 0 Å². The van der Waals surface area contributed by atoms with Crippen molar-refractivity contribution in [3.05, 3.63) is 88.7 Å². The quantitative estimate of drug-likeness (QED) is 0.350. The third-order valence-corrected chi connectivity index (χ3v) is 7.22. The van der Waals surface area contributed by atoms with Crippen LogP contribution in [-0.4, -0.2) is 28.9 Å². The number of amides is 2. The molecule has 0 fully saturated rings. The number of benzene rings is 3. The summed E-state index contributed by atoms with van der Waals surface area (Å²) in [6.45, 7) is 2.45. The van der Waals surface area contributed by atoms with Gasteiger partial charge in [0.2, 0.25) is 0 Å². The summed E-state index contributed by atoms with van der Waals surface area (Å²) in [5.41, 5.74) is 13.0. The number of hydrogen-bond acceptors (Lipinski definition) is 5. The van der Waals surface area contributed by atoms with Gasteiger partial charge in [0.15, 0.2) is 5.69 Å². The van der Waals surface area contributed by atoms with Crippen LogP contribution >= 0.6 is 0 Å². The van der Waals surface area contributed by atoms with Gasteiger partial charge in [-0.15, -0.1) is 0 Å². The Balaban J connectivity index is 1.53. The van der Waals surface area contributed by atoms with Crippen LogP contribution in [0.25, 0.3) is 32.9 Å². The van der Waals surface area contributed by atoms with E-state index in [4.69, 9.17) is 15.7 Å². The molecule has 6 rings (SSSR count). The lowest BCUT2D eigenvalue weighted by Gasteiger charge is -2.21. The first-order chi connectivity index (χ1) is 18.4. The Morgan fingerprint density at radius 1 is 1.16 bits per heavy atom. The zero-order valence-corrected chi connectivity index (χ0v) is 20.8. The van der Waals surface area contributed by atoms with Crippen LogP contribution in [0.4, 0.5) is 5.69 Å². The second-order valence-electron chi connectivity index (χ2n) is 9.34. The molecule has 0 saturated heterocycles. The number of nitrogens with two attached hydrogens (primary N) is 1. The highest BCUT2D eigenvalue weighted by molar-refractivity contribution is 6.19. The fourth-order valence-corrected chi connectivity index (χ4v) is 5.36. The third-order valence-electron chi connectivity index (χ3n) is 7.22. The van der Waals surface area contributed by atoms with Crippen LogP contribution in [0.2, 0.25) is 0 Å². The van der Waals surface area contributed by atoms with Gasteiger partial charge in [-0.25, -0.2) is 4.98 Å². The van der Waals surface area contributed by atoms with Gasteiger partial charge < -0.3 is 20.4 Å². The van der Waals surface area contributed by atoms with Gasteiger partial charge in [0, 0.05) is 39.3 Å². The van der Waals surface area contributed by atoms with E-state index < -0.39 is 5.91 Å². The second kappa shape index (κ2) is 8.75. The topological polar surface area (TPSA) is 125 Å². The van der Waals surface area contributed by atoms with Crippen molar-refractivity contribution in [2.45, 2.75) is 19.9 Å². The van der Waals surface area contributed by atoms with Gasteiger partial charge in [-0.05, 0) is 53.4 Å². The van der Waals surface area contributed by atoms with Crippen LogP contribution in [0.3, 0.4) is 0 Å². The van der Waals surface area contributed by atoms with Gasteiger partial charge >= 0.3 is 0 Å². The molecule has 3 heterocycles. The number of rotatable bonds is 5. The molecule has 0 atom stereocenters. The van der Waals surface area contributed by atoms with Crippen molar-refractivity contribution >= 4 is 39.3 Å². The van der Waals surface area contributed by atoms with Crippen LogP contribution in [0, 0.1) is 18.3 Å². The minimum Gasteiger partial charge on any atom is -0.497 e. The smallest absolute Gasteiger partial charge is 0.269 e. The fraction of sp³-hybridized carbons (Fsp3) is 0.133. The predicted molar refractivity (Wildman–Crippen MR) is 145 cm³/mol. The summed E-state index contributed by atoms with van der Waals surface area (Å²) in [6.07, 6.45) is 1.94. The number of pyridine rings is 1. The molecule has 186 valence electrons. The number of aromatic amines is 1. The van der Waals surface area contributed by atoms with Crippen molar-refractivity contribution < 1.29 is 14.3 Å². The standard InChI is InChI=1S/C30H23N5O3/c1-16-20(4-3-5-25(16)35-15-18-7-8-19(38-2)13-22(18)30(35)37)23-14-33-28(29(32)36)27-26(23)21-9-6-17(10-11-31)12-24(21)34-27/h3-9,12-14,34H,10,15H2,1-2H3,(H2,32,36). The maximum absolute atomic E-state index is 13.4. The number of carbonyl (C=O) groups is 2. The number of ether oxygens (including phenoxy) is 1. The fourth-order valence-electron chi connectivity index (χ4n) is 5.36. The Morgan fingerprint density at radius 2 is 2.00 bits per heavy atom. The molecular formula is C30H23N5O3. The molecule has 2 aromatic heterocycles. The van der Waals surface area contributed by atoms with Gasteiger partial charge in [0.1, 0.15) is 5.75 Å². The van der Waals surface area contributed by atoms with Gasteiger partial charge in [0.25, 0.3) is 11.8 Å². The highest BCUT2D eigenvalue weighted by Gasteiger charge is 2.30. The van der Waals surface area contributed by atoms with Crippen molar-refractivity contribution in [2.75, 3.05) is 12.0 Å². The first-order valence-electron chi connectivity index (χ1n) is 12.1. The molecular weight excluding hydrogens is 478 g/mol. The summed E-state index contributed by atoms with van der Waals surface area (Å²) in [5.74, 6) is -0.0695. The molecule has 0 unspecified atom stereocenters. The van der Waals surface area contributed by atoms with E-state index in [1.54, 1.807) is 24.3 Å². The van der Waals surface area contributed by atoms with Crippen LogP contribution in [0.15, 0.2) is 60.8 Å². The van der Waals surface area contributed by atoms with E-state index in [9.17, 15) is 9.59 Å². The summed E-state index contributed by atoms with van der Waals surface area (Å²) in [4.78, 5) is 35.1. The van der Waals surface area contributed by atoms with Crippen LogP contribution in [-0.2, 0) is 13.0 Å². The highest BCUT2D eigenvalue weighted by atomic mass is 16.5. The van der Waals surface area contributed by atoms with E-state index in [0.29, 0.717) is 23.4 Å². The Hall–Kier alpha value is -5.16. The van der Waals surface area contributed by atoms with E-state index in [1.807, 2.05) is 55.5 Å². The number of carbonyl (C=O) groups excluding carboxylic acids is 2. The summed E-state index contributed by atoms with van der Waals surface area (Å²) in [7, 11) is 1.58. The molecule has 8 heteroatoms. The number of H-pyrrole nitrogens is 1. The van der Waals surface area contributed by atoms with Gasteiger partial charge in [-0.3, -0.25) is 9.59 Å². The second-order valence-corrected chi connectivity index (χ2v) is 9.34. The van der Waals surface area contributed by atoms with Gasteiger partial charge in [-0.2, -0.15) is 5.26 Å². The highest BCUT2D eigenvalue weighted by Crippen LogP contribution is 2.40. The lowest BCUT2D eigenvalue weighted by Crippen LogP contribution is -2.24. The van der Waals surface area contributed by atoms with E-state index in [0.717, 1.165) is 49.8 Å². The number of methoxy groups -OCH3 is 1. The number of hydrogen-bond donors (Lipinski definition) is 2. The number of nitrogens with zero attached hydrogens (tertiary/aromatic N) is 3. The number of aromatic nitrogens is 2. The predicted octanol–water partition coefficient (Wildman–Crippen LogP) is 5.03. The maximum Gasteiger partial charge on any atom is 0.269 e. The minimum absolute atomic E-state index is 0.0800. The van der Waals surface area contributed by atoms with Crippen molar-refractivity contribution in [1.29, 1.82) is 5.26 Å². The SMILES string of the molecule is COc1ccc2c(c1)C(=O)N(c1cccc(-c3cnc(C(N)=O)c4[nH]c5cc(CC#N)ccc5c34)c1C)C2. The summed E-state index contributed by atoms with van der Waals surface area (Å²) in [5, 5.41) is 10.8. The first kappa shape index (κ1) is 23.3. The third kappa shape index (κ3) is 3.48. The molecule has 0 aliphatic carbocycles. The maximum atomic E-state index is 13.4. The Morgan fingerprint density at radius 3 is 2.76 bits per heavy atom. The average Bonchev–Trinajstić information content (AvgIpc) is 3.45. The number of nitrogens with one attached hydrogen (secondary N) is 1. The van der Waals surface area contributed by atoms with Crippen LogP contribution in [0.1, 0.15) is 37.5 Å². The van der Waals surface area contributed by atoms with E-state index in [1.165, 1.54) is 0 Å². The molecule has 0 radical (unpaired) electrons. The zero-order chi connectivity index (χ0) is 26.6. The Bertz CT molecular complexity index is 1850. The van der Waals surface area contributed by atoms with E-state index in [-0.39, 0.29) is 18.0 Å². The first-order valence-corrected chi connectivity index (χ1v) is 12.1. The van der Waals surface area contributed by atoms with Crippen molar-refractivity contribution in [3.8, 4) is 22.9 Å². The van der Waals surface area contributed by atoms with Crippen molar-refractivity contribution in [1.82, 2.24) is 9.97 Å². The number of primary amides is 1. The molecule has 8 nitrogen and oxygen atoms in total. The molecule has 0 spiro atoms. The zero-order valence-electron chi connectivity index (χ0n) is 20.8. The summed E-state index contributed by atoms with van der Waals surface area (Å²) < 4.78 is 5.32. The number of fused-ring (bicyclic) bond motifs is 4. The summed E-state index contributed by atoms with van der Waals surface area (Å²) >= 11 is 0. The average molecular weight is 502 g/mol. The van der Waals surface area contributed by atoms with Crippen LogP contribution in [0.5, 0.6) is 5.75 Å². The van der Waals surface area contributed by atoms with Gasteiger partial charge in [0.05, 0.1) is 31.7 Å². The van der Waals surface area contributed by atoms with Crippen LogP contribution < -0.4 is 15.4 Å². The molecule has 38 heavy (non-hydrogen) atoms. The Kier molecular flexibility index (Phi) is 5.35. The molecule has 1 aliphatic rings. The number of nitriles is 1. The molecule has 3 aromatic carbocycles. The normalized spacial score (nSPS) is 12.7. The van der Waals surface area contributed by atoms with Crippen molar-refractivity contribution in [3.63, 3.8) is 0 Å². The number of anilines is 1. The monoisotopic (exact) mass is 501 g/mol. The summed E-state index contributed by atoms with van der Waals surface area (Å²) in [6, 6.07) is 19.3. The van der Waals surface area contributed by atoms with Gasteiger partial charge in [-0.1, -0.05) is 30.3 Å². The Labute approximate surface area is 218 Å². The van der Waals surface area contributed by atoms with E-state index in [2.05, 4.69) is 16.0 Å². The van der Waals surface area contributed by atoms with Crippen molar-refractivity contribution in [2.24, 2.45) is 5.73 Å².